The van der Waals surface area contributed by atoms with Gasteiger partial charge in [0.1, 0.15) is 0 Å². The highest BCUT2D eigenvalue weighted by Gasteiger charge is 2.36. The van der Waals surface area contributed by atoms with Gasteiger partial charge in [-0.2, -0.15) is 0 Å². The van der Waals surface area contributed by atoms with Crippen molar-refractivity contribution < 1.29 is 19.4 Å². The molecular formula is C10H10O4. The molecule has 0 spiro atoms. The number of cyclic esters (lactones) is 2. The zero-order valence-electron chi connectivity index (χ0n) is 7.42. The van der Waals surface area contributed by atoms with Gasteiger partial charge in [0, 0.05) is 0 Å². The standard InChI is InChI=1S/C10H10O4/c11-6-8-9(14-10(12)13-8)7-4-2-1-3-5-7/h1-5,8-9,11H,6H2/t8-,9+/m1/s1. The predicted octanol–water partition coefficient (Wildman–Crippen LogP) is 1.26. The van der Waals surface area contributed by atoms with Crippen LogP contribution in [0.4, 0.5) is 4.79 Å². The van der Waals surface area contributed by atoms with Crippen molar-refractivity contribution in [3.63, 3.8) is 0 Å². The summed E-state index contributed by atoms with van der Waals surface area (Å²) in [7, 11) is 0. The average Bonchev–Trinajstić information content (AvgIpc) is 2.61. The Labute approximate surface area is 81.1 Å². The molecule has 1 aliphatic heterocycles. The molecule has 0 amide bonds. The van der Waals surface area contributed by atoms with E-state index in [9.17, 15) is 4.79 Å². The molecule has 2 atom stereocenters. The fourth-order valence-corrected chi connectivity index (χ4v) is 1.45. The molecule has 0 unspecified atom stereocenters. The number of carbonyl (C=O) groups is 1. The summed E-state index contributed by atoms with van der Waals surface area (Å²) in [6, 6.07) is 9.21. The fraction of sp³-hybridized carbons (Fsp3) is 0.300. The van der Waals surface area contributed by atoms with E-state index in [1.54, 1.807) is 0 Å². The summed E-state index contributed by atoms with van der Waals surface area (Å²) in [6.07, 6.45) is -1.81. The highest BCUT2D eigenvalue weighted by atomic mass is 16.8. The lowest BCUT2D eigenvalue weighted by molar-refractivity contribution is 0.0816. The lowest BCUT2D eigenvalue weighted by atomic mass is 10.1. The van der Waals surface area contributed by atoms with E-state index in [0.29, 0.717) is 0 Å². The minimum Gasteiger partial charge on any atom is -0.424 e. The third-order valence-electron chi connectivity index (χ3n) is 2.12. The van der Waals surface area contributed by atoms with Crippen LogP contribution in [-0.4, -0.2) is 24.0 Å². The molecule has 74 valence electrons. The first-order valence-electron chi connectivity index (χ1n) is 4.34. The SMILES string of the molecule is O=C1O[C@H](CO)[C@H](c2ccccc2)O1. The molecule has 1 fully saturated rings. The Hall–Kier alpha value is -1.55. The van der Waals surface area contributed by atoms with Gasteiger partial charge in [0.25, 0.3) is 0 Å². The molecule has 1 saturated heterocycles. The minimum atomic E-state index is -0.724. The highest BCUT2D eigenvalue weighted by Crippen LogP contribution is 2.29. The molecule has 2 rings (SSSR count). The Morgan fingerprint density at radius 2 is 1.93 bits per heavy atom. The lowest BCUT2D eigenvalue weighted by Gasteiger charge is -2.12. The summed E-state index contributed by atoms with van der Waals surface area (Å²) in [5.41, 5.74) is 0.831. The zero-order valence-corrected chi connectivity index (χ0v) is 7.42. The van der Waals surface area contributed by atoms with E-state index in [0.717, 1.165) is 5.56 Å². The van der Waals surface area contributed by atoms with E-state index < -0.39 is 18.4 Å². The van der Waals surface area contributed by atoms with Crippen LogP contribution in [0.25, 0.3) is 0 Å². The first-order chi connectivity index (χ1) is 6.81. The van der Waals surface area contributed by atoms with E-state index in [-0.39, 0.29) is 6.61 Å². The quantitative estimate of drug-likeness (QED) is 0.720. The van der Waals surface area contributed by atoms with Crippen LogP contribution in [0.3, 0.4) is 0 Å². The van der Waals surface area contributed by atoms with Gasteiger partial charge >= 0.3 is 6.16 Å². The van der Waals surface area contributed by atoms with E-state index in [1.165, 1.54) is 0 Å². The van der Waals surface area contributed by atoms with Crippen molar-refractivity contribution in [2.75, 3.05) is 6.61 Å². The van der Waals surface area contributed by atoms with Crippen molar-refractivity contribution >= 4 is 6.16 Å². The van der Waals surface area contributed by atoms with Crippen molar-refractivity contribution in [1.29, 1.82) is 0 Å². The van der Waals surface area contributed by atoms with Crippen molar-refractivity contribution in [3.8, 4) is 0 Å². The summed E-state index contributed by atoms with van der Waals surface area (Å²) < 4.78 is 9.70. The summed E-state index contributed by atoms with van der Waals surface area (Å²) in [5.74, 6) is 0. The van der Waals surface area contributed by atoms with Crippen LogP contribution in [0.5, 0.6) is 0 Å². The molecule has 1 N–H and O–H groups in total. The van der Waals surface area contributed by atoms with Crippen LogP contribution >= 0.6 is 0 Å². The van der Waals surface area contributed by atoms with Crippen molar-refractivity contribution in [1.82, 2.24) is 0 Å². The van der Waals surface area contributed by atoms with Gasteiger partial charge in [-0.1, -0.05) is 30.3 Å². The molecule has 4 nitrogen and oxygen atoms in total. The van der Waals surface area contributed by atoms with Crippen LogP contribution in [0.2, 0.25) is 0 Å². The number of ether oxygens (including phenoxy) is 2. The third-order valence-corrected chi connectivity index (χ3v) is 2.12. The van der Waals surface area contributed by atoms with E-state index >= 15 is 0 Å². The molecule has 0 bridgehead atoms. The molecule has 14 heavy (non-hydrogen) atoms. The topological polar surface area (TPSA) is 55.8 Å². The lowest BCUT2D eigenvalue weighted by Crippen LogP contribution is -2.19. The van der Waals surface area contributed by atoms with E-state index in [4.69, 9.17) is 14.6 Å². The van der Waals surface area contributed by atoms with Crippen LogP contribution in [0.1, 0.15) is 11.7 Å². The molecule has 1 aromatic rings. The molecule has 1 heterocycles. The Kier molecular flexibility index (Phi) is 2.37. The van der Waals surface area contributed by atoms with Crippen LogP contribution in [0, 0.1) is 0 Å². The van der Waals surface area contributed by atoms with Gasteiger partial charge in [0.15, 0.2) is 12.2 Å². The molecule has 1 aliphatic rings. The van der Waals surface area contributed by atoms with E-state index in [2.05, 4.69) is 0 Å². The number of hydrogen-bond donors (Lipinski definition) is 1. The number of rotatable bonds is 2. The van der Waals surface area contributed by atoms with Gasteiger partial charge in [-0.3, -0.25) is 0 Å². The monoisotopic (exact) mass is 194 g/mol. The van der Waals surface area contributed by atoms with Gasteiger partial charge in [-0.15, -0.1) is 0 Å². The minimum absolute atomic E-state index is 0.231. The molecule has 0 aliphatic carbocycles. The first-order valence-corrected chi connectivity index (χ1v) is 4.34. The Bertz CT molecular complexity index is 322. The number of hydrogen-bond acceptors (Lipinski definition) is 4. The summed E-state index contributed by atoms with van der Waals surface area (Å²) in [4.78, 5) is 10.8. The maximum atomic E-state index is 10.8. The molecule has 0 aromatic heterocycles. The van der Waals surface area contributed by atoms with Gasteiger partial charge in [0.05, 0.1) is 6.61 Å². The van der Waals surface area contributed by atoms with Crippen LogP contribution < -0.4 is 0 Å². The van der Waals surface area contributed by atoms with Gasteiger partial charge in [-0.25, -0.2) is 4.79 Å². The molecule has 4 heteroatoms. The summed E-state index contributed by atoms with van der Waals surface area (Å²) in [5, 5.41) is 8.96. The second kappa shape index (κ2) is 3.67. The van der Waals surface area contributed by atoms with Gasteiger partial charge in [0.2, 0.25) is 0 Å². The first kappa shape index (κ1) is 9.02. The zero-order chi connectivity index (χ0) is 9.97. The van der Waals surface area contributed by atoms with Gasteiger partial charge < -0.3 is 14.6 Å². The number of benzene rings is 1. The van der Waals surface area contributed by atoms with Gasteiger partial charge in [-0.05, 0) is 5.56 Å². The van der Waals surface area contributed by atoms with Crippen molar-refractivity contribution in [2.24, 2.45) is 0 Å². The average molecular weight is 194 g/mol. The van der Waals surface area contributed by atoms with Crippen molar-refractivity contribution in [3.05, 3.63) is 35.9 Å². The predicted molar refractivity (Wildman–Crippen MR) is 47.6 cm³/mol. The maximum Gasteiger partial charge on any atom is 0.509 e. The maximum absolute atomic E-state index is 10.8. The number of aliphatic hydroxyl groups excluding tert-OH is 1. The Morgan fingerprint density at radius 3 is 2.57 bits per heavy atom. The third kappa shape index (κ3) is 1.56. The molecule has 1 aromatic carbocycles. The Balaban J connectivity index is 2.22. The van der Waals surface area contributed by atoms with E-state index in [1.807, 2.05) is 30.3 Å². The van der Waals surface area contributed by atoms with Crippen LogP contribution in [-0.2, 0) is 9.47 Å². The molecule has 0 saturated carbocycles. The molecule has 0 radical (unpaired) electrons. The fourth-order valence-electron chi connectivity index (χ4n) is 1.45. The smallest absolute Gasteiger partial charge is 0.424 e. The number of aliphatic hydroxyl groups is 1. The number of carbonyl (C=O) groups excluding carboxylic acids is 1. The largest absolute Gasteiger partial charge is 0.509 e. The Morgan fingerprint density at radius 1 is 1.21 bits per heavy atom. The second-order valence-electron chi connectivity index (χ2n) is 3.04. The summed E-state index contributed by atoms with van der Waals surface area (Å²) >= 11 is 0. The summed E-state index contributed by atoms with van der Waals surface area (Å²) in [6.45, 7) is -0.231. The second-order valence-corrected chi connectivity index (χ2v) is 3.04. The normalized spacial score (nSPS) is 25.6. The highest BCUT2D eigenvalue weighted by molar-refractivity contribution is 5.63. The van der Waals surface area contributed by atoms with Crippen LogP contribution in [0.15, 0.2) is 30.3 Å². The van der Waals surface area contributed by atoms with Crippen molar-refractivity contribution in [2.45, 2.75) is 12.2 Å². The molecular weight excluding hydrogens is 184 g/mol.